The molecule has 1 amide bonds. The van der Waals surface area contributed by atoms with Crippen LogP contribution in [0.3, 0.4) is 0 Å². The molecule has 1 aliphatic carbocycles. The zero-order chi connectivity index (χ0) is 19.4. The lowest BCUT2D eigenvalue weighted by Crippen LogP contribution is -2.48. The van der Waals surface area contributed by atoms with Crippen LogP contribution in [0.2, 0.25) is 0 Å². The molecule has 0 aromatic carbocycles. The van der Waals surface area contributed by atoms with Crippen LogP contribution in [0.25, 0.3) is 0 Å². The van der Waals surface area contributed by atoms with E-state index in [9.17, 15) is 18.0 Å². The molecule has 2 fully saturated rings. The second kappa shape index (κ2) is 8.55. The number of carbonyl (C=O) groups excluding carboxylic acids is 2. The molecular formula is C17H25N3O5S2. The van der Waals surface area contributed by atoms with E-state index in [1.807, 2.05) is 6.92 Å². The number of hydrogen-bond acceptors (Lipinski definition) is 8. The van der Waals surface area contributed by atoms with E-state index in [0.29, 0.717) is 18.0 Å². The van der Waals surface area contributed by atoms with Crippen LogP contribution in [0.15, 0.2) is 5.51 Å². The Hall–Kier alpha value is -1.68. The number of nitrogens with one attached hydrogen (secondary N) is 1. The summed E-state index contributed by atoms with van der Waals surface area (Å²) >= 11 is 1.30. The summed E-state index contributed by atoms with van der Waals surface area (Å²) in [4.78, 5) is 30.8. The summed E-state index contributed by atoms with van der Waals surface area (Å²) in [5.74, 6) is -0.859. The number of anilines is 1. The van der Waals surface area contributed by atoms with Gasteiger partial charge in [-0.15, -0.1) is 11.3 Å². The van der Waals surface area contributed by atoms with Gasteiger partial charge in [-0.25, -0.2) is 18.2 Å². The third kappa shape index (κ3) is 4.78. The van der Waals surface area contributed by atoms with Crippen molar-refractivity contribution in [2.75, 3.05) is 30.0 Å². The number of hydrogen-bond donors (Lipinski definition) is 1. The minimum Gasteiger partial charge on any atom is -0.451 e. The second-order valence-electron chi connectivity index (χ2n) is 6.93. The van der Waals surface area contributed by atoms with E-state index in [-0.39, 0.29) is 35.2 Å². The van der Waals surface area contributed by atoms with Crippen molar-refractivity contribution in [3.8, 4) is 0 Å². The number of ether oxygens (including phenoxy) is 1. The fourth-order valence-corrected chi connectivity index (χ4v) is 6.28. The minimum absolute atomic E-state index is 0.000158. The molecule has 0 unspecified atom stereocenters. The Labute approximate surface area is 163 Å². The summed E-state index contributed by atoms with van der Waals surface area (Å²) in [6.07, 6.45) is 4.24. The molecule has 1 aromatic rings. The third-order valence-corrected chi connectivity index (χ3v) is 7.57. The van der Waals surface area contributed by atoms with Crippen molar-refractivity contribution in [2.45, 2.75) is 51.1 Å². The van der Waals surface area contributed by atoms with E-state index in [1.54, 1.807) is 10.4 Å². The molecule has 2 heterocycles. The number of nitrogens with zero attached hydrogens (tertiary/aromatic N) is 2. The Kier molecular flexibility index (Phi) is 6.36. The molecule has 10 heteroatoms. The molecule has 1 aromatic heterocycles. The summed E-state index contributed by atoms with van der Waals surface area (Å²) in [5, 5.41) is 3.65. The lowest BCUT2D eigenvalue weighted by Gasteiger charge is -2.33. The van der Waals surface area contributed by atoms with Crippen LogP contribution in [0.1, 0.15) is 49.5 Å². The fraction of sp³-hybridized carbons (Fsp3) is 0.706. The van der Waals surface area contributed by atoms with Gasteiger partial charge in [-0.1, -0.05) is 12.8 Å². The van der Waals surface area contributed by atoms with Crippen LogP contribution in [-0.4, -0.2) is 66.9 Å². The first-order chi connectivity index (χ1) is 12.9. The lowest BCUT2D eigenvalue weighted by molar-refractivity contribution is -0.139. The van der Waals surface area contributed by atoms with Gasteiger partial charge in [0, 0.05) is 18.6 Å². The number of carbonyl (C=O) groups is 2. The number of aromatic nitrogens is 1. The molecule has 150 valence electrons. The van der Waals surface area contributed by atoms with Crippen molar-refractivity contribution in [2.24, 2.45) is 0 Å². The van der Waals surface area contributed by atoms with Gasteiger partial charge in [-0.3, -0.25) is 4.79 Å². The predicted molar refractivity (Wildman–Crippen MR) is 103 cm³/mol. The molecule has 2 aliphatic rings. The van der Waals surface area contributed by atoms with E-state index >= 15 is 0 Å². The lowest BCUT2D eigenvalue weighted by atomic mass is 10.1. The average Bonchev–Trinajstić information content (AvgIpc) is 3.35. The van der Waals surface area contributed by atoms with Crippen LogP contribution in [0.5, 0.6) is 0 Å². The van der Waals surface area contributed by atoms with Crippen LogP contribution in [0, 0.1) is 0 Å². The molecule has 1 saturated carbocycles. The van der Waals surface area contributed by atoms with Crippen molar-refractivity contribution in [1.82, 2.24) is 9.88 Å². The minimum atomic E-state index is -3.10. The molecule has 1 saturated heterocycles. The number of rotatable bonds is 7. The Morgan fingerprint density at radius 2 is 2.04 bits per heavy atom. The van der Waals surface area contributed by atoms with E-state index < -0.39 is 22.4 Å². The third-order valence-electron chi connectivity index (χ3n) is 5.03. The van der Waals surface area contributed by atoms with E-state index in [0.717, 1.165) is 25.7 Å². The zero-order valence-corrected chi connectivity index (χ0v) is 17.0. The molecule has 27 heavy (non-hydrogen) atoms. The smallest absolute Gasteiger partial charge is 0.360 e. The number of thiazole rings is 1. The van der Waals surface area contributed by atoms with Gasteiger partial charge in [-0.2, -0.15) is 0 Å². The van der Waals surface area contributed by atoms with Gasteiger partial charge in [0.05, 0.1) is 17.0 Å². The summed E-state index contributed by atoms with van der Waals surface area (Å²) in [7, 11) is -3.10. The van der Waals surface area contributed by atoms with Gasteiger partial charge < -0.3 is 15.0 Å². The fourth-order valence-electron chi connectivity index (χ4n) is 3.83. The maximum Gasteiger partial charge on any atom is 0.360 e. The molecule has 0 radical (unpaired) electrons. The van der Waals surface area contributed by atoms with E-state index in [1.165, 1.54) is 11.3 Å². The molecule has 1 N–H and O–H groups in total. The van der Waals surface area contributed by atoms with Gasteiger partial charge in [0.25, 0.3) is 5.91 Å². The van der Waals surface area contributed by atoms with Gasteiger partial charge in [0.15, 0.2) is 22.1 Å². The monoisotopic (exact) mass is 415 g/mol. The molecular weight excluding hydrogens is 390 g/mol. The molecule has 1 aliphatic heterocycles. The van der Waals surface area contributed by atoms with Crippen molar-refractivity contribution < 1.29 is 22.7 Å². The largest absolute Gasteiger partial charge is 0.451 e. The van der Waals surface area contributed by atoms with Gasteiger partial charge in [0.2, 0.25) is 0 Å². The molecule has 0 bridgehead atoms. The van der Waals surface area contributed by atoms with E-state index in [2.05, 4.69) is 10.3 Å². The highest BCUT2D eigenvalue weighted by atomic mass is 32.2. The van der Waals surface area contributed by atoms with Crippen LogP contribution >= 0.6 is 11.3 Å². The number of esters is 1. The maximum atomic E-state index is 12.8. The quantitative estimate of drug-likeness (QED) is 0.676. The van der Waals surface area contributed by atoms with Crippen molar-refractivity contribution >= 4 is 38.1 Å². The first kappa shape index (κ1) is 20.1. The second-order valence-corrected chi connectivity index (χ2v) is 10.0. The first-order valence-corrected chi connectivity index (χ1v) is 12.0. The highest BCUT2D eigenvalue weighted by molar-refractivity contribution is 7.91. The summed E-state index contributed by atoms with van der Waals surface area (Å²) < 4.78 is 28.9. The van der Waals surface area contributed by atoms with Gasteiger partial charge in [-0.05, 0) is 26.2 Å². The Bertz CT molecular complexity index is 786. The summed E-state index contributed by atoms with van der Waals surface area (Å²) in [6, 6.07) is -0.285. The van der Waals surface area contributed by atoms with Crippen molar-refractivity contribution in [3.63, 3.8) is 0 Å². The molecule has 0 spiro atoms. The molecule has 1 atom stereocenters. The van der Waals surface area contributed by atoms with Gasteiger partial charge in [0.1, 0.15) is 5.00 Å². The standard InChI is InChI=1S/C17H25N3O5S2/c1-2-18-16-15(19-11-26-16)17(22)25-9-14(21)20(12-5-3-4-6-12)13-7-8-27(23,24)10-13/h11-13,18H,2-10H2,1H3/t13-/m1/s1. The summed E-state index contributed by atoms with van der Waals surface area (Å²) in [6.45, 7) is 2.16. The first-order valence-electron chi connectivity index (χ1n) is 9.27. The maximum absolute atomic E-state index is 12.8. The predicted octanol–water partition coefficient (Wildman–Crippen LogP) is 1.69. The average molecular weight is 416 g/mol. The SMILES string of the molecule is CCNc1scnc1C(=O)OCC(=O)N(C1CCCC1)[C@@H]1CCS(=O)(=O)C1. The van der Waals surface area contributed by atoms with Crippen molar-refractivity contribution in [3.05, 3.63) is 11.2 Å². The van der Waals surface area contributed by atoms with E-state index in [4.69, 9.17) is 4.74 Å². The topological polar surface area (TPSA) is 106 Å². The highest BCUT2D eigenvalue weighted by Gasteiger charge is 2.39. The number of amides is 1. The van der Waals surface area contributed by atoms with Crippen LogP contribution in [0.4, 0.5) is 5.00 Å². The molecule has 3 rings (SSSR count). The number of sulfone groups is 1. The van der Waals surface area contributed by atoms with Crippen LogP contribution in [-0.2, 0) is 19.4 Å². The normalized spacial score (nSPS) is 21.9. The van der Waals surface area contributed by atoms with Gasteiger partial charge >= 0.3 is 5.97 Å². The summed E-state index contributed by atoms with van der Waals surface area (Å²) in [5.41, 5.74) is 1.72. The highest BCUT2D eigenvalue weighted by Crippen LogP contribution is 2.29. The zero-order valence-electron chi connectivity index (χ0n) is 15.3. The Morgan fingerprint density at radius 1 is 1.30 bits per heavy atom. The van der Waals surface area contributed by atoms with Crippen LogP contribution < -0.4 is 5.32 Å². The van der Waals surface area contributed by atoms with Crippen molar-refractivity contribution in [1.29, 1.82) is 0 Å². The Morgan fingerprint density at radius 3 is 2.67 bits per heavy atom. The molecule has 8 nitrogen and oxygen atoms in total. The Balaban J connectivity index is 1.65.